The zero-order chi connectivity index (χ0) is 19.8. The number of allylic oxidation sites excluding steroid dienone is 1. The topological polar surface area (TPSA) is 94.8 Å². The van der Waals surface area contributed by atoms with E-state index < -0.39 is 29.5 Å². The van der Waals surface area contributed by atoms with Crippen LogP contribution in [0.1, 0.15) is 65.7 Å². The average Bonchev–Trinajstić information content (AvgIpc) is 2.87. The normalized spacial score (nSPS) is 51.9. The Hall–Kier alpha value is -1.04. The number of aliphatic hydroxyl groups is 3. The highest BCUT2D eigenvalue weighted by atomic mass is 16.3. The molecule has 3 saturated carbocycles. The van der Waals surface area contributed by atoms with Crippen molar-refractivity contribution in [3.63, 3.8) is 0 Å². The van der Waals surface area contributed by atoms with E-state index in [-0.39, 0.29) is 28.4 Å². The predicted octanol–water partition coefficient (Wildman–Crippen LogP) is 2.17. The van der Waals surface area contributed by atoms with E-state index in [9.17, 15) is 24.9 Å². The summed E-state index contributed by atoms with van der Waals surface area (Å²) in [5, 5.41) is 32.1. The van der Waals surface area contributed by atoms with E-state index in [0.29, 0.717) is 19.3 Å². The van der Waals surface area contributed by atoms with Crippen molar-refractivity contribution in [3.8, 4) is 0 Å². The molecule has 0 spiro atoms. The summed E-state index contributed by atoms with van der Waals surface area (Å²) in [7, 11) is 0. The maximum Gasteiger partial charge on any atom is 0.190 e. The molecule has 4 aliphatic rings. The van der Waals surface area contributed by atoms with Gasteiger partial charge in [0.05, 0.1) is 6.10 Å². The molecule has 0 unspecified atom stereocenters. The Kier molecular flexibility index (Phi) is 4.10. The van der Waals surface area contributed by atoms with Gasteiger partial charge in [-0.3, -0.25) is 9.59 Å². The maximum absolute atomic E-state index is 12.5. The second-order valence-corrected chi connectivity index (χ2v) is 10.3. The summed E-state index contributed by atoms with van der Waals surface area (Å²) < 4.78 is 0. The third kappa shape index (κ3) is 2.22. The molecule has 0 aromatic heterocycles. The van der Waals surface area contributed by atoms with E-state index in [1.54, 1.807) is 0 Å². The maximum atomic E-state index is 12.5. The monoisotopic (exact) mass is 376 g/mol. The number of rotatable bonds is 2. The first-order chi connectivity index (χ1) is 12.5. The van der Waals surface area contributed by atoms with E-state index in [4.69, 9.17) is 0 Å². The molecular formula is C22H32O5. The molecule has 0 saturated heterocycles. The van der Waals surface area contributed by atoms with Gasteiger partial charge in [-0.25, -0.2) is 0 Å². The van der Waals surface area contributed by atoms with Gasteiger partial charge < -0.3 is 15.3 Å². The fourth-order valence-corrected chi connectivity index (χ4v) is 7.99. The van der Waals surface area contributed by atoms with Crippen LogP contribution in [0.15, 0.2) is 11.6 Å². The van der Waals surface area contributed by atoms with E-state index in [1.807, 2.05) is 13.0 Å². The third-order valence-corrected chi connectivity index (χ3v) is 9.22. The zero-order valence-electron chi connectivity index (χ0n) is 16.6. The van der Waals surface area contributed by atoms with Crippen molar-refractivity contribution in [3.05, 3.63) is 11.6 Å². The van der Waals surface area contributed by atoms with E-state index >= 15 is 0 Å². The highest BCUT2D eigenvalue weighted by Crippen LogP contribution is 2.72. The molecule has 5 nitrogen and oxygen atoms in total. The number of hydrogen-bond donors (Lipinski definition) is 3. The Balaban J connectivity index is 1.80. The van der Waals surface area contributed by atoms with Gasteiger partial charge in [-0.1, -0.05) is 26.3 Å². The van der Waals surface area contributed by atoms with Crippen molar-refractivity contribution < 1.29 is 24.9 Å². The predicted molar refractivity (Wildman–Crippen MR) is 99.8 cm³/mol. The van der Waals surface area contributed by atoms with Gasteiger partial charge in [0.1, 0.15) is 12.2 Å². The summed E-state index contributed by atoms with van der Waals surface area (Å²) in [5.74, 6) is -0.213. The number of carbonyl (C=O) groups is 2. The van der Waals surface area contributed by atoms with Crippen molar-refractivity contribution >= 4 is 11.6 Å². The van der Waals surface area contributed by atoms with Crippen LogP contribution in [0, 0.1) is 28.1 Å². The molecule has 7 atom stereocenters. The minimum Gasteiger partial charge on any atom is -0.393 e. The second kappa shape index (κ2) is 5.74. The zero-order valence-corrected chi connectivity index (χ0v) is 16.6. The molecule has 27 heavy (non-hydrogen) atoms. The lowest BCUT2D eigenvalue weighted by Crippen LogP contribution is -2.65. The fourth-order valence-electron chi connectivity index (χ4n) is 7.99. The van der Waals surface area contributed by atoms with Crippen molar-refractivity contribution in [2.45, 2.75) is 77.4 Å². The number of hydrogen-bond acceptors (Lipinski definition) is 5. The fraction of sp³-hybridized carbons (Fsp3) is 0.818. The number of ketones is 2. The molecule has 0 aliphatic heterocycles. The number of aliphatic hydroxyl groups excluding tert-OH is 2. The summed E-state index contributed by atoms with van der Waals surface area (Å²) in [6.45, 7) is 5.68. The Morgan fingerprint density at radius 1 is 1.19 bits per heavy atom. The Morgan fingerprint density at radius 3 is 2.56 bits per heavy atom. The summed E-state index contributed by atoms with van der Waals surface area (Å²) in [6.07, 6.45) is 5.57. The van der Waals surface area contributed by atoms with Crippen LogP contribution in [0.3, 0.4) is 0 Å². The summed E-state index contributed by atoms with van der Waals surface area (Å²) in [4.78, 5) is 24.4. The third-order valence-electron chi connectivity index (χ3n) is 9.22. The van der Waals surface area contributed by atoms with Crippen LogP contribution in [0.25, 0.3) is 0 Å². The van der Waals surface area contributed by atoms with Gasteiger partial charge in [0.15, 0.2) is 11.6 Å². The molecule has 3 N–H and O–H groups in total. The first kappa shape index (κ1) is 19.3. The molecule has 0 radical (unpaired) electrons. The molecule has 0 amide bonds. The molecule has 150 valence electrons. The highest BCUT2D eigenvalue weighted by Gasteiger charge is 2.71. The van der Waals surface area contributed by atoms with Crippen LogP contribution < -0.4 is 0 Å². The lowest BCUT2D eigenvalue weighted by Gasteiger charge is -2.65. The lowest BCUT2D eigenvalue weighted by molar-refractivity contribution is -0.207. The van der Waals surface area contributed by atoms with Crippen LogP contribution in [0.2, 0.25) is 0 Å². The molecule has 4 aliphatic carbocycles. The Morgan fingerprint density at radius 2 is 1.89 bits per heavy atom. The molecule has 0 bridgehead atoms. The minimum atomic E-state index is -1.57. The van der Waals surface area contributed by atoms with Crippen molar-refractivity contribution in [2.75, 3.05) is 6.61 Å². The largest absolute Gasteiger partial charge is 0.393 e. The lowest BCUT2D eigenvalue weighted by atomic mass is 9.40. The molecule has 5 heteroatoms. The van der Waals surface area contributed by atoms with Gasteiger partial charge in [0.2, 0.25) is 0 Å². The summed E-state index contributed by atoms with van der Waals surface area (Å²) >= 11 is 0. The van der Waals surface area contributed by atoms with Crippen LogP contribution in [-0.2, 0) is 9.59 Å². The van der Waals surface area contributed by atoms with Crippen LogP contribution in [0.5, 0.6) is 0 Å². The first-order valence-corrected chi connectivity index (χ1v) is 10.3. The average molecular weight is 376 g/mol. The standard InChI is InChI=1S/C22H32O5/c1-19-8-5-14(24)10-13(19)4-7-20(2)16-6-9-22(27,17(26)12-23)21(16,3)11-15(25)18(19)20/h10,15-16,18,23,25,27H,4-9,11-12H2,1-3H3/t15-,16-,18+,19-,20-,21-,22-/m0/s1. The van der Waals surface area contributed by atoms with E-state index in [0.717, 1.165) is 25.7 Å². The Labute approximate surface area is 160 Å². The smallest absolute Gasteiger partial charge is 0.190 e. The summed E-state index contributed by atoms with van der Waals surface area (Å²) in [5.41, 5.74) is -1.55. The molecule has 0 aromatic rings. The van der Waals surface area contributed by atoms with Gasteiger partial charge in [0.25, 0.3) is 0 Å². The van der Waals surface area contributed by atoms with Gasteiger partial charge in [0, 0.05) is 11.8 Å². The first-order valence-electron chi connectivity index (χ1n) is 10.3. The van der Waals surface area contributed by atoms with Crippen molar-refractivity contribution in [1.29, 1.82) is 0 Å². The molecule has 4 rings (SSSR count). The van der Waals surface area contributed by atoms with E-state index in [1.165, 1.54) is 5.57 Å². The highest BCUT2D eigenvalue weighted by molar-refractivity contribution is 5.92. The van der Waals surface area contributed by atoms with Gasteiger partial charge >= 0.3 is 0 Å². The van der Waals surface area contributed by atoms with Crippen LogP contribution >= 0.6 is 0 Å². The van der Waals surface area contributed by atoms with E-state index in [2.05, 4.69) is 13.8 Å². The van der Waals surface area contributed by atoms with Crippen molar-refractivity contribution in [1.82, 2.24) is 0 Å². The van der Waals surface area contributed by atoms with Gasteiger partial charge in [-0.15, -0.1) is 0 Å². The minimum absolute atomic E-state index is 0.0164. The van der Waals surface area contributed by atoms with Crippen molar-refractivity contribution in [2.24, 2.45) is 28.1 Å². The molecule has 0 heterocycles. The quantitative estimate of drug-likeness (QED) is 0.687. The van der Waals surface area contributed by atoms with Gasteiger partial charge in [-0.2, -0.15) is 0 Å². The Bertz CT molecular complexity index is 728. The molecular weight excluding hydrogens is 344 g/mol. The van der Waals surface area contributed by atoms with Crippen LogP contribution in [0.4, 0.5) is 0 Å². The number of fused-ring (bicyclic) bond motifs is 5. The van der Waals surface area contributed by atoms with Crippen LogP contribution in [-0.4, -0.2) is 45.2 Å². The number of carbonyl (C=O) groups excluding carboxylic acids is 2. The van der Waals surface area contributed by atoms with Gasteiger partial charge in [-0.05, 0) is 67.3 Å². The SMILES string of the molecule is C[C@@]12CCC3=CC(=O)CC[C@]3(C)[C@H]1[C@@H](O)C[C@@]1(C)[C@H]2CC[C@]1(O)C(=O)CO. The summed E-state index contributed by atoms with van der Waals surface area (Å²) in [6, 6.07) is 0. The molecule has 3 fully saturated rings. The molecule has 0 aromatic carbocycles. The number of Topliss-reactive ketones (excluding diaryl/α,β-unsaturated/α-hetero) is 1. The second-order valence-electron chi connectivity index (χ2n) is 10.3.